The molecule has 5 heteroatoms. The van der Waals surface area contributed by atoms with Gasteiger partial charge in [-0.15, -0.1) is 11.8 Å². The molecule has 0 aliphatic carbocycles. The van der Waals surface area contributed by atoms with Crippen molar-refractivity contribution >= 4 is 33.5 Å². The molecule has 0 aliphatic heterocycles. The highest BCUT2D eigenvalue weighted by molar-refractivity contribution is 9.10. The number of halogens is 1. The predicted octanol–water partition coefficient (Wildman–Crippen LogP) is 2.86. The second-order valence-electron chi connectivity index (χ2n) is 3.25. The lowest BCUT2D eigenvalue weighted by Gasteiger charge is -2.05. The van der Waals surface area contributed by atoms with Crippen molar-refractivity contribution < 1.29 is 4.74 Å². The van der Waals surface area contributed by atoms with Crippen LogP contribution in [0.25, 0.3) is 0 Å². The van der Waals surface area contributed by atoms with Crippen molar-refractivity contribution in [2.45, 2.75) is 11.3 Å². The van der Waals surface area contributed by atoms with Crippen molar-refractivity contribution in [3.05, 3.63) is 28.2 Å². The average molecular weight is 303 g/mol. The monoisotopic (exact) mass is 302 g/mol. The molecule has 3 nitrogen and oxygen atoms in total. The van der Waals surface area contributed by atoms with Crippen LogP contribution in [0.5, 0.6) is 0 Å². The van der Waals surface area contributed by atoms with Crippen LogP contribution in [0.1, 0.15) is 12.0 Å². The fourth-order valence-corrected chi connectivity index (χ4v) is 2.80. The molecule has 0 heterocycles. The number of amidine groups is 1. The van der Waals surface area contributed by atoms with Gasteiger partial charge in [0.1, 0.15) is 5.84 Å². The summed E-state index contributed by atoms with van der Waals surface area (Å²) in [5, 5.41) is 7.36. The van der Waals surface area contributed by atoms with Gasteiger partial charge in [-0.1, -0.05) is 0 Å². The van der Waals surface area contributed by atoms with Crippen LogP contribution in [0.4, 0.5) is 0 Å². The van der Waals surface area contributed by atoms with Gasteiger partial charge in [0.15, 0.2) is 0 Å². The Morgan fingerprint density at radius 1 is 1.56 bits per heavy atom. The summed E-state index contributed by atoms with van der Waals surface area (Å²) in [5.74, 6) is 1.11. The molecule has 0 unspecified atom stereocenters. The summed E-state index contributed by atoms with van der Waals surface area (Å²) in [6.45, 7) is 0.791. The smallest absolute Gasteiger partial charge is 0.123 e. The van der Waals surface area contributed by atoms with Gasteiger partial charge in [0.2, 0.25) is 0 Å². The molecule has 3 N–H and O–H groups in total. The minimum absolute atomic E-state index is 0.0859. The zero-order valence-corrected chi connectivity index (χ0v) is 11.5. The molecule has 0 aromatic heterocycles. The third-order valence-corrected chi connectivity index (χ3v) is 3.73. The zero-order chi connectivity index (χ0) is 12.0. The molecular weight excluding hydrogens is 288 g/mol. The first kappa shape index (κ1) is 13.5. The number of nitrogens with one attached hydrogen (secondary N) is 1. The molecular formula is C11H15BrN2OS. The van der Waals surface area contributed by atoms with E-state index in [1.807, 2.05) is 18.2 Å². The first-order chi connectivity index (χ1) is 7.65. The first-order valence-electron chi connectivity index (χ1n) is 4.91. The van der Waals surface area contributed by atoms with Crippen molar-refractivity contribution in [3.63, 3.8) is 0 Å². The standard InChI is InChI=1S/C11H15BrN2OS/c1-15-5-2-6-16-8-3-4-9(11(13)14)10(12)7-8/h3-4,7H,2,5-6H2,1H3,(H3,13,14). The third kappa shape index (κ3) is 4.15. The molecule has 0 amide bonds. The second kappa shape index (κ2) is 6.93. The third-order valence-electron chi connectivity index (χ3n) is 1.99. The molecule has 0 aliphatic rings. The number of hydrogen-bond acceptors (Lipinski definition) is 3. The lowest BCUT2D eigenvalue weighted by atomic mass is 10.2. The fraction of sp³-hybridized carbons (Fsp3) is 0.364. The first-order valence-corrected chi connectivity index (χ1v) is 6.68. The van der Waals surface area contributed by atoms with Gasteiger partial charge in [0.25, 0.3) is 0 Å². The maximum atomic E-state index is 7.36. The topological polar surface area (TPSA) is 59.1 Å². The number of nitrogen functional groups attached to an aromatic ring is 1. The molecule has 16 heavy (non-hydrogen) atoms. The van der Waals surface area contributed by atoms with Crippen molar-refractivity contribution in [1.82, 2.24) is 0 Å². The van der Waals surface area contributed by atoms with Gasteiger partial charge in [-0.05, 0) is 40.5 Å². The summed E-state index contributed by atoms with van der Waals surface area (Å²) in [6.07, 6.45) is 1.03. The van der Waals surface area contributed by atoms with Crippen molar-refractivity contribution in [2.24, 2.45) is 5.73 Å². The molecule has 1 rings (SSSR count). The van der Waals surface area contributed by atoms with Crippen LogP contribution in [0.3, 0.4) is 0 Å². The minimum atomic E-state index is 0.0859. The van der Waals surface area contributed by atoms with Crippen LogP contribution >= 0.6 is 27.7 Å². The van der Waals surface area contributed by atoms with Gasteiger partial charge in [-0.25, -0.2) is 0 Å². The van der Waals surface area contributed by atoms with E-state index in [4.69, 9.17) is 15.9 Å². The number of methoxy groups -OCH3 is 1. The van der Waals surface area contributed by atoms with Crippen molar-refractivity contribution in [1.29, 1.82) is 5.41 Å². The SMILES string of the molecule is COCCCSc1ccc(C(=N)N)c(Br)c1. The van der Waals surface area contributed by atoms with E-state index in [9.17, 15) is 0 Å². The number of nitrogens with two attached hydrogens (primary N) is 1. The summed E-state index contributed by atoms with van der Waals surface area (Å²) in [5.41, 5.74) is 6.17. The molecule has 1 aromatic rings. The summed E-state index contributed by atoms with van der Waals surface area (Å²) >= 11 is 5.19. The molecule has 0 spiro atoms. The molecule has 1 aromatic carbocycles. The van der Waals surface area contributed by atoms with E-state index in [0.717, 1.165) is 28.8 Å². The van der Waals surface area contributed by atoms with Gasteiger partial charge >= 0.3 is 0 Å². The number of benzene rings is 1. The fourth-order valence-electron chi connectivity index (χ4n) is 1.20. The van der Waals surface area contributed by atoms with E-state index < -0.39 is 0 Å². The van der Waals surface area contributed by atoms with E-state index >= 15 is 0 Å². The van der Waals surface area contributed by atoms with Crippen LogP contribution in [0, 0.1) is 5.41 Å². The summed E-state index contributed by atoms with van der Waals surface area (Å²) < 4.78 is 5.86. The van der Waals surface area contributed by atoms with Crippen LogP contribution in [-0.2, 0) is 4.74 Å². The molecule has 0 saturated carbocycles. The maximum Gasteiger partial charge on any atom is 0.123 e. The quantitative estimate of drug-likeness (QED) is 0.368. The average Bonchev–Trinajstić information content (AvgIpc) is 2.24. The zero-order valence-electron chi connectivity index (χ0n) is 9.13. The van der Waals surface area contributed by atoms with E-state index in [1.165, 1.54) is 4.90 Å². The van der Waals surface area contributed by atoms with Gasteiger partial charge < -0.3 is 10.5 Å². The Morgan fingerprint density at radius 2 is 2.31 bits per heavy atom. The highest BCUT2D eigenvalue weighted by Gasteiger charge is 2.04. The number of hydrogen-bond donors (Lipinski definition) is 2. The maximum absolute atomic E-state index is 7.36. The highest BCUT2D eigenvalue weighted by Crippen LogP contribution is 2.25. The number of ether oxygens (including phenoxy) is 1. The molecule has 0 saturated heterocycles. The Bertz CT molecular complexity index is 371. The summed E-state index contributed by atoms with van der Waals surface area (Å²) in [7, 11) is 1.71. The lowest BCUT2D eigenvalue weighted by Crippen LogP contribution is -2.11. The van der Waals surface area contributed by atoms with Crippen molar-refractivity contribution in [2.75, 3.05) is 19.5 Å². The molecule has 0 radical (unpaired) electrons. The van der Waals surface area contributed by atoms with Crippen LogP contribution in [0.2, 0.25) is 0 Å². The second-order valence-corrected chi connectivity index (χ2v) is 5.27. The number of thioether (sulfide) groups is 1. The number of rotatable bonds is 6. The Hall–Kier alpha value is -0.520. The van der Waals surface area contributed by atoms with Crippen LogP contribution in [0.15, 0.2) is 27.6 Å². The van der Waals surface area contributed by atoms with Gasteiger partial charge in [0.05, 0.1) is 0 Å². The van der Waals surface area contributed by atoms with Gasteiger partial charge in [-0.2, -0.15) is 0 Å². The predicted molar refractivity (Wildman–Crippen MR) is 72.4 cm³/mol. The van der Waals surface area contributed by atoms with E-state index in [1.54, 1.807) is 18.9 Å². The van der Waals surface area contributed by atoms with Crippen molar-refractivity contribution in [3.8, 4) is 0 Å². The molecule has 0 fully saturated rings. The molecule has 88 valence electrons. The Morgan fingerprint density at radius 3 is 2.88 bits per heavy atom. The van der Waals surface area contributed by atoms with Gasteiger partial charge in [0, 0.05) is 34.4 Å². The van der Waals surface area contributed by atoms with E-state index in [-0.39, 0.29) is 5.84 Å². The molecule has 0 bridgehead atoms. The highest BCUT2D eigenvalue weighted by atomic mass is 79.9. The van der Waals surface area contributed by atoms with E-state index in [2.05, 4.69) is 15.9 Å². The molecule has 0 atom stereocenters. The Balaban J connectivity index is 2.56. The van der Waals surface area contributed by atoms with Gasteiger partial charge in [-0.3, -0.25) is 5.41 Å². The normalized spacial score (nSPS) is 10.4. The van der Waals surface area contributed by atoms with Crippen LogP contribution in [-0.4, -0.2) is 25.3 Å². The minimum Gasteiger partial charge on any atom is -0.385 e. The summed E-state index contributed by atoms with van der Waals surface area (Å²) in [6, 6.07) is 5.85. The van der Waals surface area contributed by atoms with Crippen LogP contribution < -0.4 is 5.73 Å². The largest absolute Gasteiger partial charge is 0.385 e. The Kier molecular flexibility index (Phi) is 5.87. The Labute approximate surface area is 108 Å². The van der Waals surface area contributed by atoms with E-state index in [0.29, 0.717) is 0 Å². The lowest BCUT2D eigenvalue weighted by molar-refractivity contribution is 0.200. The summed E-state index contributed by atoms with van der Waals surface area (Å²) in [4.78, 5) is 1.17.